The van der Waals surface area contributed by atoms with Crippen LogP contribution >= 0.6 is 11.3 Å². The number of nitrogen functional groups attached to an aromatic ring is 1. The largest absolute Gasteiger partial charge is 0.375 e. The zero-order valence-electron chi connectivity index (χ0n) is 9.23. The second kappa shape index (κ2) is 4.47. The zero-order valence-corrected chi connectivity index (χ0v) is 10.0. The topological polar surface area (TPSA) is 54.2 Å². The van der Waals surface area contributed by atoms with E-state index in [0.717, 1.165) is 19.6 Å². The number of anilines is 1. The zero-order chi connectivity index (χ0) is 10.8. The summed E-state index contributed by atoms with van der Waals surface area (Å²) >= 11 is 1.59. The maximum absolute atomic E-state index is 5.62. The molecule has 2 atom stereocenters. The minimum absolute atomic E-state index is 0.559. The molecule has 2 heterocycles. The number of piperazine rings is 1. The minimum Gasteiger partial charge on any atom is -0.375 e. The predicted molar refractivity (Wildman–Crippen MR) is 63.9 cm³/mol. The van der Waals surface area contributed by atoms with E-state index in [1.54, 1.807) is 11.3 Å². The fourth-order valence-electron chi connectivity index (χ4n) is 1.95. The highest BCUT2D eigenvalue weighted by atomic mass is 32.1. The summed E-state index contributed by atoms with van der Waals surface area (Å²) in [5, 5.41) is 4.14. The van der Waals surface area contributed by atoms with E-state index in [1.165, 1.54) is 4.88 Å². The van der Waals surface area contributed by atoms with E-state index in [2.05, 4.69) is 29.0 Å². The van der Waals surface area contributed by atoms with E-state index in [1.807, 2.05) is 6.20 Å². The number of thiazole rings is 1. The third-order valence-corrected chi connectivity index (χ3v) is 3.91. The molecule has 0 aliphatic carbocycles. The number of hydrogen-bond acceptors (Lipinski definition) is 5. The molecular formula is C10H18N4S. The average Bonchev–Trinajstić information content (AvgIpc) is 2.59. The molecule has 1 saturated heterocycles. The van der Waals surface area contributed by atoms with Gasteiger partial charge in [0.15, 0.2) is 5.13 Å². The molecule has 4 nitrogen and oxygen atoms in total. The molecule has 0 amide bonds. The summed E-state index contributed by atoms with van der Waals surface area (Å²) in [5.41, 5.74) is 5.62. The minimum atomic E-state index is 0.559. The molecule has 84 valence electrons. The Morgan fingerprint density at radius 3 is 3.13 bits per heavy atom. The van der Waals surface area contributed by atoms with Gasteiger partial charge in [0.05, 0.1) is 0 Å². The predicted octanol–water partition coefficient (Wildman–Crippen LogP) is 0.907. The summed E-state index contributed by atoms with van der Waals surface area (Å²) in [6.07, 6.45) is 1.89. The Morgan fingerprint density at radius 2 is 2.47 bits per heavy atom. The molecule has 1 aromatic rings. The highest BCUT2D eigenvalue weighted by Gasteiger charge is 2.24. The molecule has 2 unspecified atom stereocenters. The lowest BCUT2D eigenvalue weighted by Crippen LogP contribution is -2.54. The summed E-state index contributed by atoms with van der Waals surface area (Å²) in [7, 11) is 0. The smallest absolute Gasteiger partial charge is 0.180 e. The van der Waals surface area contributed by atoms with Gasteiger partial charge in [0, 0.05) is 42.8 Å². The van der Waals surface area contributed by atoms with Gasteiger partial charge in [-0.1, -0.05) is 0 Å². The molecule has 1 aliphatic heterocycles. The van der Waals surface area contributed by atoms with Gasteiger partial charge >= 0.3 is 0 Å². The number of hydrogen-bond donors (Lipinski definition) is 2. The van der Waals surface area contributed by atoms with Crippen LogP contribution in [0.25, 0.3) is 0 Å². The molecule has 0 aromatic carbocycles. The quantitative estimate of drug-likeness (QED) is 0.787. The lowest BCUT2D eigenvalue weighted by Gasteiger charge is -2.38. The standard InChI is InChI=1S/C10H18N4S/c1-7-8(2)14(4-3-12-7)6-9-5-13-10(11)15-9/h5,7-8,12H,3-4,6H2,1-2H3,(H2,11,13). The second-order valence-corrected chi connectivity index (χ2v) is 5.27. The van der Waals surface area contributed by atoms with Crippen molar-refractivity contribution in [2.24, 2.45) is 0 Å². The monoisotopic (exact) mass is 226 g/mol. The number of nitrogens with one attached hydrogen (secondary N) is 1. The Hall–Kier alpha value is -0.650. The van der Waals surface area contributed by atoms with Crippen LogP contribution in [0.5, 0.6) is 0 Å². The van der Waals surface area contributed by atoms with Crippen LogP contribution in [0.15, 0.2) is 6.20 Å². The molecular weight excluding hydrogens is 208 g/mol. The van der Waals surface area contributed by atoms with Gasteiger partial charge in [0.25, 0.3) is 0 Å². The van der Waals surface area contributed by atoms with E-state index >= 15 is 0 Å². The first-order chi connectivity index (χ1) is 7.16. The van der Waals surface area contributed by atoms with Crippen LogP contribution in [0.4, 0.5) is 5.13 Å². The van der Waals surface area contributed by atoms with Gasteiger partial charge in [-0.15, -0.1) is 11.3 Å². The third kappa shape index (κ3) is 2.48. The summed E-state index contributed by atoms with van der Waals surface area (Å²) in [6.45, 7) is 7.64. The Kier molecular flexibility index (Phi) is 3.23. The molecule has 0 radical (unpaired) electrons. The molecule has 2 rings (SSSR count). The first-order valence-corrected chi connectivity index (χ1v) is 6.16. The lowest BCUT2D eigenvalue weighted by molar-refractivity contribution is 0.132. The van der Waals surface area contributed by atoms with E-state index in [4.69, 9.17) is 5.73 Å². The van der Waals surface area contributed by atoms with Gasteiger partial charge in [-0.25, -0.2) is 4.98 Å². The second-order valence-electron chi connectivity index (χ2n) is 4.12. The van der Waals surface area contributed by atoms with Crippen molar-refractivity contribution in [3.05, 3.63) is 11.1 Å². The lowest BCUT2D eigenvalue weighted by atomic mass is 10.1. The van der Waals surface area contributed by atoms with E-state index in [-0.39, 0.29) is 0 Å². The maximum atomic E-state index is 5.62. The van der Waals surface area contributed by atoms with Gasteiger partial charge in [0.1, 0.15) is 0 Å². The van der Waals surface area contributed by atoms with Crippen molar-refractivity contribution < 1.29 is 0 Å². The fraction of sp³-hybridized carbons (Fsp3) is 0.700. The molecule has 1 fully saturated rings. The highest BCUT2D eigenvalue weighted by molar-refractivity contribution is 7.15. The van der Waals surface area contributed by atoms with E-state index in [9.17, 15) is 0 Å². The molecule has 1 aromatic heterocycles. The van der Waals surface area contributed by atoms with Gasteiger partial charge < -0.3 is 11.1 Å². The first-order valence-electron chi connectivity index (χ1n) is 5.34. The van der Waals surface area contributed by atoms with Crippen molar-refractivity contribution >= 4 is 16.5 Å². The number of rotatable bonds is 2. The van der Waals surface area contributed by atoms with Gasteiger partial charge in [0.2, 0.25) is 0 Å². The fourth-order valence-corrected chi connectivity index (χ4v) is 2.66. The molecule has 0 spiro atoms. The molecule has 15 heavy (non-hydrogen) atoms. The van der Waals surface area contributed by atoms with Crippen LogP contribution in [0.3, 0.4) is 0 Å². The Morgan fingerprint density at radius 1 is 1.67 bits per heavy atom. The van der Waals surface area contributed by atoms with Gasteiger partial charge in [-0.2, -0.15) is 0 Å². The van der Waals surface area contributed by atoms with Crippen LogP contribution in [-0.4, -0.2) is 35.1 Å². The normalized spacial score (nSPS) is 28.1. The van der Waals surface area contributed by atoms with Crippen LogP contribution in [0, 0.1) is 0 Å². The van der Waals surface area contributed by atoms with E-state index in [0.29, 0.717) is 17.2 Å². The number of nitrogens with two attached hydrogens (primary N) is 1. The van der Waals surface area contributed by atoms with Crippen LogP contribution in [0.1, 0.15) is 18.7 Å². The molecule has 1 aliphatic rings. The maximum Gasteiger partial charge on any atom is 0.180 e. The SMILES string of the molecule is CC1NCCN(Cc2cnc(N)s2)C1C. The van der Waals surface area contributed by atoms with Crippen LogP contribution in [0.2, 0.25) is 0 Å². The van der Waals surface area contributed by atoms with E-state index < -0.39 is 0 Å². The first kappa shape index (κ1) is 10.9. The molecule has 5 heteroatoms. The molecule has 0 saturated carbocycles. The van der Waals surface area contributed by atoms with Crippen molar-refractivity contribution in [2.75, 3.05) is 18.8 Å². The van der Waals surface area contributed by atoms with Crippen molar-refractivity contribution in [1.82, 2.24) is 15.2 Å². The Balaban J connectivity index is 1.99. The van der Waals surface area contributed by atoms with Crippen molar-refractivity contribution in [3.63, 3.8) is 0 Å². The van der Waals surface area contributed by atoms with Gasteiger partial charge in [-0.3, -0.25) is 4.90 Å². The van der Waals surface area contributed by atoms with Crippen molar-refractivity contribution in [2.45, 2.75) is 32.5 Å². The number of nitrogens with zero attached hydrogens (tertiary/aromatic N) is 2. The summed E-state index contributed by atoms with van der Waals surface area (Å²) in [6, 6.07) is 1.13. The van der Waals surface area contributed by atoms with Gasteiger partial charge in [-0.05, 0) is 13.8 Å². The van der Waals surface area contributed by atoms with Crippen molar-refractivity contribution in [3.8, 4) is 0 Å². The van der Waals surface area contributed by atoms with Crippen LogP contribution < -0.4 is 11.1 Å². The van der Waals surface area contributed by atoms with Crippen molar-refractivity contribution in [1.29, 1.82) is 0 Å². The molecule has 3 N–H and O–H groups in total. The third-order valence-electron chi connectivity index (χ3n) is 3.10. The summed E-state index contributed by atoms with van der Waals surface area (Å²) in [5.74, 6) is 0. The highest BCUT2D eigenvalue weighted by Crippen LogP contribution is 2.19. The summed E-state index contributed by atoms with van der Waals surface area (Å²) in [4.78, 5) is 7.82. The number of aromatic nitrogens is 1. The Labute approximate surface area is 94.5 Å². The Bertz CT molecular complexity index is 325. The summed E-state index contributed by atoms with van der Waals surface area (Å²) < 4.78 is 0. The average molecular weight is 226 g/mol. The van der Waals surface area contributed by atoms with Crippen LogP contribution in [-0.2, 0) is 6.54 Å². The molecule has 0 bridgehead atoms.